The molecule has 2 heterocycles. The van der Waals surface area contributed by atoms with Crippen molar-refractivity contribution in [2.75, 3.05) is 13.1 Å². The number of unbranched alkanes of at least 4 members (excludes halogenated alkanes) is 1. The van der Waals surface area contributed by atoms with Crippen molar-refractivity contribution in [3.63, 3.8) is 0 Å². The maximum Gasteiger partial charge on any atom is 0.407 e. The fourth-order valence-corrected chi connectivity index (χ4v) is 9.53. The molecule has 17 heteroatoms. The van der Waals surface area contributed by atoms with Crippen LogP contribution < -0.4 is 27.4 Å². The summed E-state index contributed by atoms with van der Waals surface area (Å²) in [5.41, 5.74) is 12.0. The van der Waals surface area contributed by atoms with Crippen molar-refractivity contribution >= 4 is 39.6 Å². The number of nitrogens with two attached hydrogens (primary N) is 2. The normalized spacial score (nSPS) is 19.1. The molecule has 3 aromatic carbocycles. The van der Waals surface area contributed by atoms with Gasteiger partial charge in [0, 0.05) is 25.2 Å². The molecule has 0 saturated carbocycles. The van der Waals surface area contributed by atoms with Gasteiger partial charge in [-0.05, 0) is 101 Å². The number of alkyl carbamates (subject to hydrolysis) is 1. The monoisotopic (exact) mass is 873 g/mol. The van der Waals surface area contributed by atoms with E-state index in [0.717, 1.165) is 16.1 Å². The summed E-state index contributed by atoms with van der Waals surface area (Å²) < 4.78 is 35.0. The lowest BCUT2D eigenvalue weighted by Gasteiger charge is -2.45. The highest BCUT2D eigenvalue weighted by molar-refractivity contribution is 7.95. The summed E-state index contributed by atoms with van der Waals surface area (Å²) in [6.07, 6.45) is -1.58. The maximum absolute atomic E-state index is 15.0. The molecule has 0 radical (unpaired) electrons. The summed E-state index contributed by atoms with van der Waals surface area (Å²) in [6.45, 7) is 10.9. The van der Waals surface area contributed by atoms with Gasteiger partial charge in [-0.2, -0.15) is 0 Å². The van der Waals surface area contributed by atoms with E-state index in [9.17, 15) is 37.5 Å². The van der Waals surface area contributed by atoms with Gasteiger partial charge >= 0.3 is 6.09 Å². The van der Waals surface area contributed by atoms with Crippen LogP contribution in [0.25, 0.3) is 0 Å². The summed E-state index contributed by atoms with van der Waals surface area (Å²) in [5.74, 6) is -3.58. The first kappa shape index (κ1) is 47.4. The highest BCUT2D eigenvalue weighted by Gasteiger charge is 2.57. The predicted octanol–water partition coefficient (Wildman–Crippen LogP) is 3.36. The molecular weight excluding hydrogens is 815 g/mol. The molecule has 334 valence electrons. The van der Waals surface area contributed by atoms with Crippen molar-refractivity contribution in [1.29, 1.82) is 0 Å². The van der Waals surface area contributed by atoms with Crippen LogP contribution in [-0.4, -0.2) is 95.7 Å². The topological polar surface area (TPSA) is 244 Å². The highest BCUT2D eigenvalue weighted by Crippen LogP contribution is 2.43. The number of amides is 5. The number of ether oxygens (including phenoxy) is 1. The molecule has 5 rings (SSSR count). The third-order valence-electron chi connectivity index (χ3n) is 10.8. The second-order valence-corrected chi connectivity index (χ2v) is 19.2. The Hall–Kier alpha value is -5.62. The number of primary amides is 1. The number of sulfone groups is 1. The molecule has 5 amide bonds. The van der Waals surface area contributed by atoms with Crippen LogP contribution in [0.4, 0.5) is 4.79 Å². The van der Waals surface area contributed by atoms with E-state index >= 15 is 0 Å². The molecule has 3 aromatic rings. The van der Waals surface area contributed by atoms with E-state index in [-0.39, 0.29) is 60.7 Å². The lowest BCUT2D eigenvalue weighted by Crippen LogP contribution is -2.67. The zero-order valence-corrected chi connectivity index (χ0v) is 37.0. The number of hydrazine groups is 1. The van der Waals surface area contributed by atoms with Crippen molar-refractivity contribution < 1.29 is 42.2 Å². The Balaban J connectivity index is 1.52. The Morgan fingerprint density at radius 2 is 1.58 bits per heavy atom. The van der Waals surface area contributed by atoms with Crippen LogP contribution in [0.5, 0.6) is 0 Å². The van der Waals surface area contributed by atoms with Gasteiger partial charge in [-0.3, -0.25) is 19.2 Å². The van der Waals surface area contributed by atoms with Crippen molar-refractivity contribution in [1.82, 2.24) is 26.0 Å². The van der Waals surface area contributed by atoms with Gasteiger partial charge in [0.2, 0.25) is 15.7 Å². The molecule has 0 spiro atoms. The molecule has 8 N–H and O–H groups in total. The quantitative estimate of drug-likeness (QED) is 0.107. The van der Waals surface area contributed by atoms with Crippen molar-refractivity contribution in [2.24, 2.45) is 17.4 Å². The fraction of sp³-hybridized carbons (Fsp3) is 0.444. The van der Waals surface area contributed by atoms with Gasteiger partial charge in [0.05, 0.1) is 21.9 Å². The molecule has 3 unspecified atom stereocenters. The van der Waals surface area contributed by atoms with Crippen LogP contribution in [0.15, 0.2) is 94.4 Å². The van der Waals surface area contributed by atoms with Crippen molar-refractivity contribution in [3.8, 4) is 0 Å². The third kappa shape index (κ3) is 11.2. The first-order chi connectivity index (χ1) is 29.1. The predicted molar refractivity (Wildman–Crippen MR) is 232 cm³/mol. The summed E-state index contributed by atoms with van der Waals surface area (Å²) >= 11 is 0. The number of aliphatic hydroxyl groups excluding tert-OH is 1. The van der Waals surface area contributed by atoms with E-state index in [4.69, 9.17) is 16.2 Å². The van der Waals surface area contributed by atoms with Crippen LogP contribution in [-0.2, 0) is 41.9 Å². The molecule has 0 aliphatic carbocycles. The average molecular weight is 874 g/mol. The first-order valence-electron chi connectivity index (χ1n) is 20.7. The molecule has 2 aliphatic rings. The minimum absolute atomic E-state index is 0.00291. The largest absolute Gasteiger partial charge is 0.444 e. The lowest BCUT2D eigenvalue weighted by molar-refractivity contribution is -0.161. The number of nitrogens with zero attached hydrogens (tertiary/aromatic N) is 2. The first-order valence-corrected chi connectivity index (χ1v) is 22.2. The van der Waals surface area contributed by atoms with Crippen LogP contribution >= 0.6 is 0 Å². The van der Waals surface area contributed by atoms with Gasteiger partial charge in [0.1, 0.15) is 16.8 Å². The number of benzene rings is 3. The van der Waals surface area contributed by atoms with Crippen LogP contribution in [0.2, 0.25) is 0 Å². The Bertz CT molecular complexity index is 2260. The Morgan fingerprint density at radius 1 is 0.935 bits per heavy atom. The van der Waals surface area contributed by atoms with Gasteiger partial charge in [-0.25, -0.2) is 23.2 Å². The maximum atomic E-state index is 15.0. The smallest absolute Gasteiger partial charge is 0.407 e. The van der Waals surface area contributed by atoms with E-state index in [1.165, 1.54) is 24.3 Å². The SMILES string of the molecule is Cc1ccc(S(=O)(=O)C2=C(C(=O)N[C@@H](CCCCNC(=O)OC(C)(C)C)C(O)C(=O)NCc3ccc(C(N)=O)cc3)N3C(=O)C(N)(Cc4ccccc4)CCN3C2C(C)C)cc1. The molecule has 16 nitrogen and oxygen atoms in total. The van der Waals surface area contributed by atoms with E-state index in [1.54, 1.807) is 63.9 Å². The van der Waals surface area contributed by atoms with Gasteiger partial charge < -0.3 is 37.3 Å². The zero-order valence-electron chi connectivity index (χ0n) is 36.1. The summed E-state index contributed by atoms with van der Waals surface area (Å²) in [5, 5.41) is 22.4. The zero-order chi connectivity index (χ0) is 45.6. The number of rotatable bonds is 17. The third-order valence-corrected chi connectivity index (χ3v) is 12.7. The average Bonchev–Trinajstić information content (AvgIpc) is 3.58. The molecule has 4 atom stereocenters. The molecular formula is C45H59N7O9S. The highest BCUT2D eigenvalue weighted by atomic mass is 32.2. The summed E-state index contributed by atoms with van der Waals surface area (Å²) in [7, 11) is -4.47. The number of carbonyl (C=O) groups excluding carboxylic acids is 5. The minimum Gasteiger partial charge on any atom is -0.444 e. The van der Waals surface area contributed by atoms with Crippen LogP contribution in [0.1, 0.15) is 87.4 Å². The summed E-state index contributed by atoms with van der Waals surface area (Å²) in [4.78, 5) is 66.9. The number of aryl methyl sites for hydroxylation is 1. The van der Waals surface area contributed by atoms with Crippen molar-refractivity contribution in [3.05, 3.63) is 112 Å². The summed E-state index contributed by atoms with van der Waals surface area (Å²) in [6, 6.07) is 19.2. The minimum atomic E-state index is -4.47. The number of fused-ring (bicyclic) bond motifs is 1. The van der Waals surface area contributed by atoms with Crippen molar-refractivity contribution in [2.45, 2.75) is 114 Å². The van der Waals surface area contributed by atoms with E-state index in [2.05, 4.69) is 16.0 Å². The molecule has 2 aliphatic heterocycles. The lowest BCUT2D eigenvalue weighted by atomic mass is 9.85. The van der Waals surface area contributed by atoms with Gasteiger partial charge in [-0.15, -0.1) is 0 Å². The Kier molecular flexibility index (Phi) is 15.0. The van der Waals surface area contributed by atoms with E-state index in [1.807, 2.05) is 37.3 Å². The number of hydrogen-bond donors (Lipinski definition) is 6. The number of hydrogen-bond acceptors (Lipinski definition) is 11. The Labute approximate surface area is 363 Å². The second kappa shape index (κ2) is 19.6. The van der Waals surface area contributed by atoms with Crippen LogP contribution in [0, 0.1) is 12.8 Å². The van der Waals surface area contributed by atoms with E-state index < -0.39 is 80.5 Å². The second-order valence-electron chi connectivity index (χ2n) is 17.3. The fourth-order valence-electron chi connectivity index (χ4n) is 7.63. The van der Waals surface area contributed by atoms with Gasteiger partial charge in [0.15, 0.2) is 6.10 Å². The number of nitrogens with one attached hydrogen (secondary N) is 3. The Morgan fingerprint density at radius 3 is 2.18 bits per heavy atom. The molecule has 1 fully saturated rings. The number of carbonyl (C=O) groups is 5. The van der Waals surface area contributed by atoms with E-state index in [0.29, 0.717) is 12.0 Å². The van der Waals surface area contributed by atoms with Gasteiger partial charge in [0.25, 0.3) is 17.7 Å². The number of aliphatic hydroxyl groups is 1. The molecule has 62 heavy (non-hydrogen) atoms. The van der Waals surface area contributed by atoms with Crippen LogP contribution in [0.3, 0.4) is 0 Å². The molecule has 1 saturated heterocycles. The molecule has 0 aromatic heterocycles. The molecule has 0 bridgehead atoms. The van der Waals surface area contributed by atoms with Gasteiger partial charge in [-0.1, -0.05) is 74.0 Å². The standard InChI is InChI=1S/C45H59N7O9S/c1-28(2)35-38(62(59,60)33-21-15-29(3)16-22-33)36(52-42(57)45(47,23-25-51(35)52)26-30-12-8-7-9-13-30)40(55)50-34(14-10-11-24-48-43(58)61-44(4,5)6)37(53)41(56)49-27-31-17-19-32(20-18-31)39(46)54/h7-9,12-13,15-22,28,34-35,37,53H,10-11,14,23-27,47H2,1-6H3,(H2,46,54)(H,48,58)(H,49,56)(H,50,55)/t34-,35?,37?,45?/m0/s1.